The Balaban J connectivity index is 1.82. The summed E-state index contributed by atoms with van der Waals surface area (Å²) in [4.78, 5) is 2.21. The zero-order valence-corrected chi connectivity index (χ0v) is 14.1. The van der Waals surface area contributed by atoms with E-state index in [0.717, 1.165) is 41.6 Å². The van der Waals surface area contributed by atoms with Gasteiger partial charge in [-0.15, -0.1) is 0 Å². The highest BCUT2D eigenvalue weighted by molar-refractivity contribution is 5.41. The molecule has 3 rings (SSSR count). The molecule has 3 aromatic rings. The van der Waals surface area contributed by atoms with Gasteiger partial charge in [-0.2, -0.15) is 5.10 Å². The first-order chi connectivity index (χ1) is 11.0. The Kier molecular flexibility index (Phi) is 4.30. The van der Waals surface area contributed by atoms with Crippen LogP contribution >= 0.6 is 0 Å². The molecule has 5 heteroatoms. The van der Waals surface area contributed by atoms with Crippen LogP contribution in [-0.2, 0) is 13.1 Å². The van der Waals surface area contributed by atoms with Crippen molar-refractivity contribution in [1.82, 2.24) is 19.8 Å². The molecule has 0 N–H and O–H groups in total. The average Bonchev–Trinajstić information content (AvgIpc) is 3.04. The van der Waals surface area contributed by atoms with E-state index in [2.05, 4.69) is 59.5 Å². The summed E-state index contributed by atoms with van der Waals surface area (Å²) >= 11 is 0. The molecule has 1 aromatic carbocycles. The standard InChI is InChI=1S/C18H22N4O/c1-13-9-15(3)22(19-13)18-8-6-5-7-16(18)11-21(4)12-17-10-14(2)20-23-17/h5-10H,11-12H2,1-4H3. The van der Waals surface area contributed by atoms with Crippen LogP contribution in [-0.4, -0.2) is 26.9 Å². The molecule has 0 unspecified atom stereocenters. The Morgan fingerprint density at radius 2 is 1.83 bits per heavy atom. The third-order valence-electron chi connectivity index (χ3n) is 3.77. The second-order valence-electron chi connectivity index (χ2n) is 6.07. The maximum atomic E-state index is 5.30. The highest BCUT2D eigenvalue weighted by Gasteiger charge is 2.12. The molecule has 0 aliphatic carbocycles. The number of rotatable bonds is 5. The van der Waals surface area contributed by atoms with Crippen LogP contribution in [0.15, 0.2) is 40.9 Å². The number of hydrogen-bond donors (Lipinski definition) is 0. The zero-order valence-electron chi connectivity index (χ0n) is 14.1. The molecule has 0 saturated carbocycles. The van der Waals surface area contributed by atoms with Gasteiger partial charge >= 0.3 is 0 Å². The molecule has 0 amide bonds. The van der Waals surface area contributed by atoms with Crippen LogP contribution < -0.4 is 0 Å². The SMILES string of the molecule is Cc1cc(CN(C)Cc2ccccc2-n2nc(C)cc2C)on1. The smallest absolute Gasteiger partial charge is 0.150 e. The number of para-hydroxylation sites is 1. The number of nitrogens with zero attached hydrogens (tertiary/aromatic N) is 4. The van der Waals surface area contributed by atoms with Crippen LogP contribution in [0.1, 0.15) is 28.4 Å². The van der Waals surface area contributed by atoms with Gasteiger partial charge in [-0.05, 0) is 45.5 Å². The van der Waals surface area contributed by atoms with E-state index < -0.39 is 0 Å². The molecule has 0 radical (unpaired) electrons. The van der Waals surface area contributed by atoms with Crippen molar-refractivity contribution >= 4 is 0 Å². The third kappa shape index (κ3) is 3.51. The number of hydrogen-bond acceptors (Lipinski definition) is 4. The van der Waals surface area contributed by atoms with Crippen LogP contribution in [0.4, 0.5) is 0 Å². The largest absolute Gasteiger partial charge is 0.360 e. The Bertz CT molecular complexity index is 803. The van der Waals surface area contributed by atoms with E-state index in [9.17, 15) is 0 Å². The van der Waals surface area contributed by atoms with E-state index in [1.165, 1.54) is 5.56 Å². The Morgan fingerprint density at radius 1 is 1.04 bits per heavy atom. The van der Waals surface area contributed by atoms with Gasteiger partial charge < -0.3 is 4.52 Å². The molecule has 5 nitrogen and oxygen atoms in total. The molecule has 0 aliphatic rings. The lowest BCUT2D eigenvalue weighted by Gasteiger charge is -2.18. The highest BCUT2D eigenvalue weighted by Crippen LogP contribution is 2.19. The van der Waals surface area contributed by atoms with Gasteiger partial charge in [0.25, 0.3) is 0 Å². The summed E-state index contributed by atoms with van der Waals surface area (Å²) in [5.74, 6) is 0.883. The van der Waals surface area contributed by atoms with Gasteiger partial charge in [-0.1, -0.05) is 23.4 Å². The second kappa shape index (κ2) is 6.38. The first-order valence-corrected chi connectivity index (χ1v) is 7.75. The lowest BCUT2D eigenvalue weighted by molar-refractivity contribution is 0.266. The summed E-state index contributed by atoms with van der Waals surface area (Å²) < 4.78 is 7.31. The number of aromatic nitrogens is 3. The van der Waals surface area contributed by atoms with Gasteiger partial charge in [-0.3, -0.25) is 4.90 Å². The van der Waals surface area contributed by atoms with Crippen LogP contribution in [0.2, 0.25) is 0 Å². The monoisotopic (exact) mass is 310 g/mol. The first-order valence-electron chi connectivity index (χ1n) is 7.75. The minimum Gasteiger partial charge on any atom is -0.360 e. The molecular weight excluding hydrogens is 288 g/mol. The van der Waals surface area contributed by atoms with Crippen molar-refractivity contribution in [3.05, 3.63) is 64.8 Å². The van der Waals surface area contributed by atoms with Crippen molar-refractivity contribution in [3.8, 4) is 5.69 Å². The summed E-state index contributed by atoms with van der Waals surface area (Å²) in [5.41, 5.74) is 5.44. The van der Waals surface area contributed by atoms with Gasteiger partial charge in [0.15, 0.2) is 5.76 Å². The van der Waals surface area contributed by atoms with Crippen molar-refractivity contribution in [1.29, 1.82) is 0 Å². The van der Waals surface area contributed by atoms with Crippen LogP contribution in [0.3, 0.4) is 0 Å². The van der Waals surface area contributed by atoms with Crippen molar-refractivity contribution in [2.45, 2.75) is 33.9 Å². The van der Waals surface area contributed by atoms with Crippen molar-refractivity contribution in [2.75, 3.05) is 7.05 Å². The predicted molar refractivity (Wildman–Crippen MR) is 89.4 cm³/mol. The van der Waals surface area contributed by atoms with Gasteiger partial charge in [0, 0.05) is 18.3 Å². The molecule has 0 atom stereocenters. The van der Waals surface area contributed by atoms with Crippen molar-refractivity contribution in [3.63, 3.8) is 0 Å². The fourth-order valence-corrected chi connectivity index (χ4v) is 2.83. The summed E-state index contributed by atoms with van der Waals surface area (Å²) in [6.45, 7) is 7.58. The minimum absolute atomic E-state index is 0.728. The van der Waals surface area contributed by atoms with Gasteiger partial charge in [-0.25, -0.2) is 4.68 Å². The number of benzene rings is 1. The lowest BCUT2D eigenvalue weighted by atomic mass is 10.1. The molecule has 120 valence electrons. The molecule has 2 heterocycles. The Morgan fingerprint density at radius 3 is 2.48 bits per heavy atom. The fourth-order valence-electron chi connectivity index (χ4n) is 2.83. The van der Waals surface area contributed by atoms with Crippen LogP contribution in [0, 0.1) is 20.8 Å². The van der Waals surface area contributed by atoms with E-state index in [1.54, 1.807) is 0 Å². The molecule has 0 spiro atoms. The van der Waals surface area contributed by atoms with E-state index >= 15 is 0 Å². The first kappa shape index (κ1) is 15.5. The molecule has 2 aromatic heterocycles. The van der Waals surface area contributed by atoms with Gasteiger partial charge in [0.2, 0.25) is 0 Å². The normalized spacial score (nSPS) is 11.3. The predicted octanol–water partition coefficient (Wildman–Crippen LogP) is 3.42. The van der Waals surface area contributed by atoms with Gasteiger partial charge in [0.05, 0.1) is 23.6 Å². The van der Waals surface area contributed by atoms with E-state index in [1.807, 2.05) is 24.6 Å². The maximum absolute atomic E-state index is 5.30. The lowest BCUT2D eigenvalue weighted by Crippen LogP contribution is -2.18. The molecule has 0 saturated heterocycles. The maximum Gasteiger partial charge on any atom is 0.150 e. The molecular formula is C18H22N4O. The molecule has 23 heavy (non-hydrogen) atoms. The van der Waals surface area contributed by atoms with E-state index in [4.69, 9.17) is 4.52 Å². The molecule has 0 fully saturated rings. The van der Waals surface area contributed by atoms with Crippen LogP contribution in [0.5, 0.6) is 0 Å². The van der Waals surface area contributed by atoms with E-state index in [0.29, 0.717) is 0 Å². The topological polar surface area (TPSA) is 47.1 Å². The second-order valence-corrected chi connectivity index (χ2v) is 6.07. The fraction of sp³-hybridized carbons (Fsp3) is 0.333. The summed E-state index contributed by atoms with van der Waals surface area (Å²) in [5, 5.41) is 8.55. The molecule has 0 bridgehead atoms. The summed E-state index contributed by atoms with van der Waals surface area (Å²) in [6.07, 6.45) is 0. The summed E-state index contributed by atoms with van der Waals surface area (Å²) in [7, 11) is 2.08. The number of aryl methyl sites for hydroxylation is 3. The van der Waals surface area contributed by atoms with Gasteiger partial charge in [0.1, 0.15) is 0 Å². The van der Waals surface area contributed by atoms with Crippen LogP contribution in [0.25, 0.3) is 5.69 Å². The third-order valence-corrected chi connectivity index (χ3v) is 3.77. The zero-order chi connectivity index (χ0) is 16.4. The molecule has 0 aliphatic heterocycles. The van der Waals surface area contributed by atoms with E-state index in [-0.39, 0.29) is 0 Å². The quantitative estimate of drug-likeness (QED) is 0.724. The Labute approximate surface area is 136 Å². The van der Waals surface area contributed by atoms with Crippen molar-refractivity contribution in [2.24, 2.45) is 0 Å². The van der Waals surface area contributed by atoms with Crippen molar-refractivity contribution < 1.29 is 4.52 Å². The minimum atomic E-state index is 0.728. The summed E-state index contributed by atoms with van der Waals surface area (Å²) in [6, 6.07) is 12.4. The average molecular weight is 310 g/mol. The Hall–Kier alpha value is -2.40. The highest BCUT2D eigenvalue weighted by atomic mass is 16.5.